The van der Waals surface area contributed by atoms with E-state index in [4.69, 9.17) is 0 Å². The first-order valence-electron chi connectivity index (χ1n) is 5.71. The Morgan fingerprint density at radius 1 is 1.15 bits per heavy atom. The maximum atomic E-state index is 12.5. The molecule has 0 atom stereocenters. The van der Waals surface area contributed by atoms with Crippen molar-refractivity contribution in [2.24, 2.45) is 0 Å². The predicted molar refractivity (Wildman–Crippen MR) is 81.7 cm³/mol. The van der Waals surface area contributed by atoms with Crippen LogP contribution in [0.25, 0.3) is 10.2 Å². The van der Waals surface area contributed by atoms with Gasteiger partial charge in [-0.2, -0.15) is 0 Å². The second kappa shape index (κ2) is 4.91. The minimum Gasteiger partial charge on any atom is -0.222 e. The Hall–Kier alpha value is -1.31. The van der Waals surface area contributed by atoms with Crippen molar-refractivity contribution in [3.63, 3.8) is 0 Å². The molecule has 0 radical (unpaired) electrons. The zero-order valence-electron chi connectivity index (χ0n) is 10.4. The Bertz CT molecular complexity index is 889. The van der Waals surface area contributed by atoms with E-state index in [1.807, 2.05) is 5.38 Å². The summed E-state index contributed by atoms with van der Waals surface area (Å²) in [6, 6.07) is 8.21. The fourth-order valence-corrected chi connectivity index (χ4v) is 4.54. The van der Waals surface area contributed by atoms with E-state index in [2.05, 4.69) is 25.9 Å². The Kier molecular flexibility index (Phi) is 3.35. The number of rotatable bonds is 2. The van der Waals surface area contributed by atoms with Crippen molar-refractivity contribution in [1.29, 1.82) is 0 Å². The summed E-state index contributed by atoms with van der Waals surface area (Å²) in [4.78, 5) is 8.56. The third-order valence-corrected chi connectivity index (χ3v) is 6.36. The Morgan fingerprint density at radius 2 is 1.85 bits per heavy atom. The molecule has 7 heteroatoms. The Balaban J connectivity index is 2.27. The van der Waals surface area contributed by atoms with Crippen LogP contribution in [0, 0.1) is 6.92 Å². The molecule has 3 aromatic rings. The first kappa shape index (κ1) is 13.7. The molecule has 0 aliphatic carbocycles. The molecule has 0 fully saturated rings. The highest BCUT2D eigenvalue weighted by atomic mass is 79.9. The SMILES string of the molecule is Cc1nc(S(=O)(=O)c2ccccc2)nc2c(Br)csc12. The lowest BCUT2D eigenvalue weighted by Gasteiger charge is -2.04. The summed E-state index contributed by atoms with van der Waals surface area (Å²) in [5.41, 5.74) is 1.30. The molecule has 2 heterocycles. The highest BCUT2D eigenvalue weighted by molar-refractivity contribution is 9.10. The van der Waals surface area contributed by atoms with Crippen molar-refractivity contribution in [3.05, 3.63) is 45.9 Å². The third-order valence-electron chi connectivity index (χ3n) is 2.81. The molecular formula is C13H9BrN2O2S2. The van der Waals surface area contributed by atoms with Crippen LogP contribution in [0.2, 0.25) is 0 Å². The Labute approximate surface area is 128 Å². The van der Waals surface area contributed by atoms with Crippen molar-refractivity contribution in [2.45, 2.75) is 17.0 Å². The van der Waals surface area contributed by atoms with Crippen LogP contribution in [0.1, 0.15) is 5.69 Å². The second-order valence-corrected chi connectivity index (χ2v) is 7.75. The van der Waals surface area contributed by atoms with Crippen LogP contribution in [-0.2, 0) is 9.84 Å². The van der Waals surface area contributed by atoms with Crippen LogP contribution in [0.4, 0.5) is 0 Å². The van der Waals surface area contributed by atoms with Crippen molar-refractivity contribution in [2.75, 3.05) is 0 Å². The average Bonchev–Trinajstić information content (AvgIpc) is 2.82. The summed E-state index contributed by atoms with van der Waals surface area (Å²) >= 11 is 4.87. The average molecular weight is 369 g/mol. The molecule has 20 heavy (non-hydrogen) atoms. The number of aryl methyl sites for hydroxylation is 1. The van der Waals surface area contributed by atoms with Crippen molar-refractivity contribution in [1.82, 2.24) is 9.97 Å². The van der Waals surface area contributed by atoms with Gasteiger partial charge < -0.3 is 0 Å². The van der Waals surface area contributed by atoms with Crippen LogP contribution < -0.4 is 0 Å². The smallest absolute Gasteiger partial charge is 0.222 e. The van der Waals surface area contributed by atoms with Gasteiger partial charge in [-0.15, -0.1) is 11.3 Å². The topological polar surface area (TPSA) is 59.9 Å². The van der Waals surface area contributed by atoms with E-state index in [0.717, 1.165) is 9.17 Å². The van der Waals surface area contributed by atoms with Crippen LogP contribution in [0.3, 0.4) is 0 Å². The van der Waals surface area contributed by atoms with Crippen molar-refractivity contribution >= 4 is 47.3 Å². The van der Waals surface area contributed by atoms with Gasteiger partial charge in [0.1, 0.15) is 5.52 Å². The van der Waals surface area contributed by atoms with Gasteiger partial charge in [0.25, 0.3) is 5.16 Å². The predicted octanol–water partition coefficient (Wildman–Crippen LogP) is 3.60. The van der Waals surface area contributed by atoms with Gasteiger partial charge in [0.15, 0.2) is 0 Å². The van der Waals surface area contributed by atoms with E-state index in [1.54, 1.807) is 37.3 Å². The summed E-state index contributed by atoms with van der Waals surface area (Å²) in [5.74, 6) is 0. The fourth-order valence-electron chi connectivity index (χ4n) is 1.83. The molecule has 0 N–H and O–H groups in total. The molecule has 0 unspecified atom stereocenters. The standard InChI is InChI=1S/C13H9BrN2O2S2/c1-8-12-11(10(14)7-19-12)16-13(15-8)20(17,18)9-5-3-2-4-6-9/h2-7H,1H3. The van der Waals surface area contributed by atoms with Crippen LogP contribution >= 0.6 is 27.3 Å². The maximum absolute atomic E-state index is 12.5. The molecule has 0 spiro atoms. The third kappa shape index (κ3) is 2.15. The van der Waals surface area contributed by atoms with Gasteiger partial charge in [-0.3, -0.25) is 0 Å². The molecule has 0 aliphatic rings. The van der Waals surface area contributed by atoms with Gasteiger partial charge in [0.05, 0.1) is 19.8 Å². The van der Waals surface area contributed by atoms with Crippen LogP contribution in [0.5, 0.6) is 0 Å². The molecule has 1 aromatic carbocycles. The molecule has 102 valence electrons. The zero-order valence-corrected chi connectivity index (χ0v) is 13.6. The van der Waals surface area contributed by atoms with Gasteiger partial charge in [-0.25, -0.2) is 18.4 Å². The van der Waals surface area contributed by atoms with E-state index in [9.17, 15) is 8.42 Å². The molecule has 2 aromatic heterocycles. The van der Waals surface area contributed by atoms with Gasteiger partial charge in [0, 0.05) is 5.38 Å². The molecule has 0 aliphatic heterocycles. The lowest BCUT2D eigenvalue weighted by Crippen LogP contribution is -2.08. The van der Waals surface area contributed by atoms with Crippen molar-refractivity contribution < 1.29 is 8.42 Å². The number of hydrogen-bond acceptors (Lipinski definition) is 5. The summed E-state index contributed by atoms with van der Waals surface area (Å²) in [6.45, 7) is 1.79. The van der Waals surface area contributed by atoms with Gasteiger partial charge in [-0.1, -0.05) is 18.2 Å². The highest BCUT2D eigenvalue weighted by Crippen LogP contribution is 2.31. The van der Waals surface area contributed by atoms with Gasteiger partial charge in [-0.05, 0) is 35.0 Å². The maximum Gasteiger partial charge on any atom is 0.252 e. The number of nitrogens with zero attached hydrogens (tertiary/aromatic N) is 2. The summed E-state index contributed by atoms with van der Waals surface area (Å²) in [5, 5.41) is 1.72. The number of hydrogen-bond donors (Lipinski definition) is 0. The number of fused-ring (bicyclic) bond motifs is 1. The minimum absolute atomic E-state index is 0.159. The number of sulfone groups is 1. The molecular weight excluding hydrogens is 360 g/mol. The Morgan fingerprint density at radius 3 is 2.55 bits per heavy atom. The quantitative estimate of drug-likeness (QED) is 0.648. The van der Waals surface area contributed by atoms with Gasteiger partial charge in [0.2, 0.25) is 9.84 Å². The summed E-state index contributed by atoms with van der Waals surface area (Å²) < 4.78 is 26.7. The van der Waals surface area contributed by atoms with Crippen molar-refractivity contribution in [3.8, 4) is 0 Å². The van der Waals surface area contributed by atoms with E-state index in [-0.39, 0.29) is 10.1 Å². The van der Waals surface area contributed by atoms with E-state index in [0.29, 0.717) is 11.2 Å². The second-order valence-electron chi connectivity index (χ2n) is 4.17. The van der Waals surface area contributed by atoms with Crippen LogP contribution in [0.15, 0.2) is 50.2 Å². The molecule has 0 bridgehead atoms. The summed E-state index contributed by atoms with van der Waals surface area (Å²) in [7, 11) is -3.69. The monoisotopic (exact) mass is 368 g/mol. The van der Waals surface area contributed by atoms with Crippen LogP contribution in [-0.4, -0.2) is 18.4 Å². The lowest BCUT2D eigenvalue weighted by atomic mass is 10.4. The number of aromatic nitrogens is 2. The largest absolute Gasteiger partial charge is 0.252 e. The number of halogens is 1. The number of thiophene rings is 1. The molecule has 4 nitrogen and oxygen atoms in total. The lowest BCUT2D eigenvalue weighted by molar-refractivity contribution is 0.587. The van der Waals surface area contributed by atoms with Gasteiger partial charge >= 0.3 is 0 Å². The normalized spacial score (nSPS) is 11.9. The van der Waals surface area contributed by atoms with E-state index < -0.39 is 9.84 Å². The first-order valence-corrected chi connectivity index (χ1v) is 8.87. The number of benzene rings is 1. The molecule has 0 amide bonds. The van der Waals surface area contributed by atoms with E-state index in [1.165, 1.54) is 11.3 Å². The first-order chi connectivity index (χ1) is 9.50. The zero-order chi connectivity index (χ0) is 14.3. The summed E-state index contributed by atoms with van der Waals surface area (Å²) in [6.07, 6.45) is 0. The minimum atomic E-state index is -3.69. The highest BCUT2D eigenvalue weighted by Gasteiger charge is 2.23. The molecule has 0 saturated carbocycles. The van der Waals surface area contributed by atoms with E-state index >= 15 is 0 Å². The molecule has 3 rings (SSSR count). The fraction of sp³-hybridized carbons (Fsp3) is 0.0769. The molecule has 0 saturated heterocycles.